The molecule has 0 aliphatic carbocycles. The van der Waals surface area contributed by atoms with E-state index in [4.69, 9.17) is 27.2 Å². The summed E-state index contributed by atoms with van der Waals surface area (Å²) in [6.45, 7) is 3.78. The van der Waals surface area contributed by atoms with Gasteiger partial charge in [-0.05, 0) is 32.0 Å². The fourth-order valence-electron chi connectivity index (χ4n) is 2.40. The quantitative estimate of drug-likeness (QED) is 0.494. The van der Waals surface area contributed by atoms with Crippen LogP contribution in [0.4, 0.5) is 10.2 Å². The number of benzene rings is 1. The summed E-state index contributed by atoms with van der Waals surface area (Å²) in [5, 5.41) is 21.9. The number of nitrogens with two attached hydrogens (primary N) is 1. The maximum atomic E-state index is 14.4. The minimum atomic E-state index is -0.602. The smallest absolute Gasteiger partial charge is 0.165 e. The summed E-state index contributed by atoms with van der Waals surface area (Å²) in [5.74, 6) is 0.136. The molecule has 0 unspecified atom stereocenters. The molecule has 0 saturated heterocycles. The highest BCUT2D eigenvalue weighted by atomic mass is 35.5. The average molecular weight is 438 g/mol. The lowest BCUT2D eigenvalue weighted by atomic mass is 10.2. The van der Waals surface area contributed by atoms with E-state index in [1.165, 1.54) is 23.5 Å². The van der Waals surface area contributed by atoms with E-state index in [2.05, 4.69) is 20.5 Å². The van der Waals surface area contributed by atoms with E-state index in [-0.39, 0.29) is 30.0 Å². The van der Waals surface area contributed by atoms with Crippen LogP contribution >= 0.6 is 22.9 Å². The van der Waals surface area contributed by atoms with E-state index in [0.29, 0.717) is 15.6 Å². The van der Waals surface area contributed by atoms with Crippen LogP contribution in [0.25, 0.3) is 21.1 Å². The fraction of sp³-hybridized carbons (Fsp3) is 0.316. The Bertz CT molecular complexity index is 968. The Balaban J connectivity index is 1.80. The fourth-order valence-corrected chi connectivity index (χ4v) is 3.57. The van der Waals surface area contributed by atoms with Gasteiger partial charge in [0.1, 0.15) is 22.4 Å². The molecule has 2 heterocycles. The molecule has 1 atom stereocenters. The van der Waals surface area contributed by atoms with Crippen molar-refractivity contribution in [2.75, 3.05) is 18.5 Å². The summed E-state index contributed by atoms with van der Waals surface area (Å²) in [7, 11) is 0. The molecule has 7 nitrogen and oxygen atoms in total. The molecule has 0 radical (unpaired) electrons. The minimum Gasteiger partial charge on any atom is -0.489 e. The Kier molecular flexibility index (Phi) is 6.96. The predicted molar refractivity (Wildman–Crippen MR) is 113 cm³/mol. The van der Waals surface area contributed by atoms with Crippen LogP contribution in [0.3, 0.4) is 0 Å². The summed E-state index contributed by atoms with van der Waals surface area (Å²) < 4.78 is 19.7. The lowest BCUT2D eigenvalue weighted by Gasteiger charge is -2.12. The number of rotatable bonds is 8. The molecule has 2 aromatic heterocycles. The number of hydrogen-bond acceptors (Lipinski definition) is 8. The van der Waals surface area contributed by atoms with Crippen molar-refractivity contribution in [3.05, 3.63) is 41.3 Å². The highest BCUT2D eigenvalue weighted by molar-refractivity contribution is 7.18. The van der Waals surface area contributed by atoms with Gasteiger partial charge in [0.05, 0.1) is 17.7 Å². The first-order valence-corrected chi connectivity index (χ1v) is 10.1. The molecule has 3 rings (SSSR count). The second-order valence-corrected chi connectivity index (χ2v) is 8.04. The van der Waals surface area contributed by atoms with E-state index < -0.39 is 11.9 Å². The molecule has 0 bridgehead atoms. The zero-order valence-electron chi connectivity index (χ0n) is 15.9. The lowest BCUT2D eigenvalue weighted by molar-refractivity contribution is 0.202. The van der Waals surface area contributed by atoms with Crippen LogP contribution in [0.5, 0.6) is 5.75 Å². The second kappa shape index (κ2) is 9.45. The molecule has 0 amide bonds. The highest BCUT2D eigenvalue weighted by Gasteiger charge is 2.17. The van der Waals surface area contributed by atoms with Gasteiger partial charge in [-0.15, -0.1) is 10.2 Å². The molecule has 1 aromatic carbocycles. The molecule has 4 N–H and O–H groups in total. The number of nitrogens with zero attached hydrogens (tertiary/aromatic N) is 3. The first-order valence-electron chi connectivity index (χ1n) is 8.92. The van der Waals surface area contributed by atoms with Crippen LogP contribution in [0.2, 0.25) is 5.02 Å². The maximum absolute atomic E-state index is 14.4. The van der Waals surface area contributed by atoms with Crippen molar-refractivity contribution in [1.29, 1.82) is 0 Å². The number of ether oxygens (including phenoxy) is 1. The number of anilines is 1. The first kappa shape index (κ1) is 21.4. The Morgan fingerprint density at radius 3 is 2.69 bits per heavy atom. The lowest BCUT2D eigenvalue weighted by Crippen LogP contribution is -2.31. The number of pyridine rings is 1. The van der Waals surface area contributed by atoms with Crippen molar-refractivity contribution < 1.29 is 14.2 Å². The molecular weight excluding hydrogens is 417 g/mol. The van der Waals surface area contributed by atoms with Gasteiger partial charge in [-0.2, -0.15) is 0 Å². The summed E-state index contributed by atoms with van der Waals surface area (Å²) in [4.78, 5) is 4.36. The molecule has 0 spiro atoms. The van der Waals surface area contributed by atoms with E-state index in [1.807, 2.05) is 26.0 Å². The van der Waals surface area contributed by atoms with Gasteiger partial charge in [-0.1, -0.05) is 22.9 Å². The van der Waals surface area contributed by atoms with E-state index >= 15 is 0 Å². The largest absolute Gasteiger partial charge is 0.489 e. The predicted octanol–water partition coefficient (Wildman–Crippen LogP) is 3.58. The Labute approximate surface area is 176 Å². The third-order valence-electron chi connectivity index (χ3n) is 3.81. The van der Waals surface area contributed by atoms with Crippen LogP contribution in [0, 0.1) is 5.82 Å². The van der Waals surface area contributed by atoms with Gasteiger partial charge in [0.15, 0.2) is 11.6 Å². The topological polar surface area (TPSA) is 106 Å². The molecule has 0 aliphatic rings. The summed E-state index contributed by atoms with van der Waals surface area (Å²) in [5.41, 5.74) is 6.78. The van der Waals surface area contributed by atoms with Crippen molar-refractivity contribution >= 4 is 28.8 Å². The third-order valence-corrected chi connectivity index (χ3v) is 5.13. The number of aliphatic hydroxyl groups excluding tert-OH is 1. The van der Waals surface area contributed by atoms with Gasteiger partial charge < -0.3 is 20.9 Å². The van der Waals surface area contributed by atoms with E-state index in [0.717, 1.165) is 11.4 Å². The Hall–Kier alpha value is -2.33. The van der Waals surface area contributed by atoms with Crippen molar-refractivity contribution in [1.82, 2.24) is 15.2 Å². The monoisotopic (exact) mass is 437 g/mol. The molecule has 29 heavy (non-hydrogen) atoms. The molecule has 154 valence electrons. The van der Waals surface area contributed by atoms with Gasteiger partial charge in [-0.3, -0.25) is 0 Å². The van der Waals surface area contributed by atoms with Crippen molar-refractivity contribution in [2.45, 2.75) is 25.9 Å². The molecule has 10 heteroatoms. The van der Waals surface area contributed by atoms with Crippen LogP contribution in [-0.2, 0) is 0 Å². The summed E-state index contributed by atoms with van der Waals surface area (Å²) in [6.07, 6.45) is 1.71. The number of aliphatic hydroxyl groups is 1. The number of hydrogen-bond donors (Lipinski definition) is 3. The zero-order valence-corrected chi connectivity index (χ0v) is 17.5. The SMILES string of the molecule is CC(C)Nc1ccc(-c2nnc(-c3cc(F)c(OC[C@@H](N)CO)cc3Cl)s2)cn1. The van der Waals surface area contributed by atoms with Crippen LogP contribution in [-0.4, -0.2) is 45.6 Å². The molecule has 0 aliphatic heterocycles. The number of halogens is 2. The number of aromatic nitrogens is 3. The summed E-state index contributed by atoms with van der Waals surface area (Å²) >= 11 is 7.58. The van der Waals surface area contributed by atoms with Gasteiger partial charge >= 0.3 is 0 Å². The van der Waals surface area contributed by atoms with Crippen LogP contribution in [0.1, 0.15) is 13.8 Å². The van der Waals surface area contributed by atoms with Crippen molar-refractivity contribution in [3.8, 4) is 26.9 Å². The van der Waals surface area contributed by atoms with Gasteiger partial charge in [0.25, 0.3) is 0 Å². The van der Waals surface area contributed by atoms with Gasteiger partial charge in [0, 0.05) is 29.4 Å². The van der Waals surface area contributed by atoms with Crippen molar-refractivity contribution in [2.24, 2.45) is 5.73 Å². The van der Waals surface area contributed by atoms with Crippen molar-refractivity contribution in [3.63, 3.8) is 0 Å². The normalized spacial score (nSPS) is 12.2. The van der Waals surface area contributed by atoms with E-state index in [1.54, 1.807) is 6.20 Å². The van der Waals surface area contributed by atoms with Gasteiger partial charge in [0.2, 0.25) is 0 Å². The number of nitrogens with one attached hydrogen (secondary N) is 1. The highest BCUT2D eigenvalue weighted by Crippen LogP contribution is 2.37. The third kappa shape index (κ3) is 5.39. The zero-order chi connectivity index (χ0) is 21.0. The van der Waals surface area contributed by atoms with E-state index in [9.17, 15) is 4.39 Å². The molecule has 0 saturated carbocycles. The second-order valence-electron chi connectivity index (χ2n) is 6.66. The average Bonchev–Trinajstić information content (AvgIpc) is 3.18. The standard InChI is InChI=1S/C19H21ClFN5O2S/c1-10(2)24-17-4-3-11(7-23-17)18-25-26-19(29-18)13-5-15(21)16(6-14(13)20)28-9-12(22)8-27/h3-7,10,12,27H,8-9,22H2,1-2H3,(H,23,24)/t12-/m0/s1. The maximum Gasteiger partial charge on any atom is 0.165 e. The molecule has 0 fully saturated rings. The molecule has 3 aromatic rings. The van der Waals surface area contributed by atoms with Crippen LogP contribution in [0.15, 0.2) is 30.5 Å². The molecular formula is C19H21ClFN5O2S. The summed E-state index contributed by atoms with van der Waals surface area (Å²) in [6, 6.07) is 6.06. The Morgan fingerprint density at radius 1 is 1.28 bits per heavy atom. The Morgan fingerprint density at radius 2 is 2.03 bits per heavy atom. The van der Waals surface area contributed by atoms with Gasteiger partial charge in [-0.25, -0.2) is 9.37 Å². The minimum absolute atomic E-state index is 0.0271. The van der Waals surface area contributed by atoms with Crippen LogP contribution < -0.4 is 15.8 Å². The first-order chi connectivity index (χ1) is 13.9.